The molecule has 0 unspecified atom stereocenters. The minimum atomic E-state index is -0.434. The molecule has 0 aliphatic carbocycles. The van der Waals surface area contributed by atoms with Gasteiger partial charge < -0.3 is 14.8 Å². The summed E-state index contributed by atoms with van der Waals surface area (Å²) in [5.41, 5.74) is 4.38. The van der Waals surface area contributed by atoms with Crippen molar-refractivity contribution in [2.45, 2.75) is 6.92 Å². The van der Waals surface area contributed by atoms with E-state index in [0.29, 0.717) is 22.8 Å². The minimum Gasteiger partial charge on any atom is -0.493 e. The zero-order valence-corrected chi connectivity index (χ0v) is 17.0. The summed E-state index contributed by atoms with van der Waals surface area (Å²) in [6.07, 6.45) is 1.73. The molecule has 0 fully saturated rings. The molecule has 0 radical (unpaired) electrons. The van der Waals surface area contributed by atoms with Gasteiger partial charge in [-0.1, -0.05) is 0 Å². The number of carbonyl (C=O) groups excluding carboxylic acids is 2. The summed E-state index contributed by atoms with van der Waals surface area (Å²) in [6.45, 7) is 1.59. The lowest BCUT2D eigenvalue weighted by atomic mass is 10.1. The Labute approximate surface area is 171 Å². The Morgan fingerprint density at radius 2 is 1.97 bits per heavy atom. The zero-order chi connectivity index (χ0) is 20.8. The second-order valence-corrected chi connectivity index (χ2v) is 6.85. The van der Waals surface area contributed by atoms with Gasteiger partial charge in [-0.3, -0.25) is 9.59 Å². The average molecular weight is 412 g/mol. The van der Waals surface area contributed by atoms with Gasteiger partial charge in [0, 0.05) is 28.1 Å². The molecule has 0 aliphatic rings. The van der Waals surface area contributed by atoms with Crippen LogP contribution in [0.5, 0.6) is 11.5 Å². The van der Waals surface area contributed by atoms with Crippen LogP contribution in [0.1, 0.15) is 22.8 Å². The van der Waals surface area contributed by atoms with E-state index in [0.717, 1.165) is 15.8 Å². The number of amides is 2. The van der Waals surface area contributed by atoms with E-state index in [9.17, 15) is 9.59 Å². The molecule has 3 rings (SSSR count). The number of pyridine rings is 1. The highest BCUT2D eigenvalue weighted by atomic mass is 32.1. The van der Waals surface area contributed by atoms with E-state index >= 15 is 0 Å². The van der Waals surface area contributed by atoms with Gasteiger partial charge in [-0.25, -0.2) is 10.4 Å². The zero-order valence-electron chi connectivity index (χ0n) is 16.2. The summed E-state index contributed by atoms with van der Waals surface area (Å²) in [6, 6.07) is 8.57. The molecule has 2 heterocycles. The molecule has 2 aromatic heterocycles. The number of benzene rings is 1. The van der Waals surface area contributed by atoms with Crippen LogP contribution in [0.15, 0.2) is 47.0 Å². The Bertz CT molecular complexity index is 1080. The maximum absolute atomic E-state index is 12.3. The second kappa shape index (κ2) is 9.16. The number of hydrogen-bond acceptors (Lipinski definition) is 7. The van der Waals surface area contributed by atoms with Gasteiger partial charge in [-0.2, -0.15) is 5.10 Å². The smallest absolute Gasteiger partial charge is 0.259 e. The third kappa shape index (κ3) is 4.69. The van der Waals surface area contributed by atoms with Crippen LogP contribution in [0.3, 0.4) is 0 Å². The third-order valence-electron chi connectivity index (χ3n) is 4.14. The summed E-state index contributed by atoms with van der Waals surface area (Å²) in [7, 11) is 3.00. The minimum absolute atomic E-state index is 0.212. The van der Waals surface area contributed by atoms with Gasteiger partial charge in [0.05, 0.1) is 26.5 Å². The highest BCUT2D eigenvalue weighted by Crippen LogP contribution is 2.27. The Morgan fingerprint density at radius 1 is 1.17 bits per heavy atom. The van der Waals surface area contributed by atoms with E-state index in [1.165, 1.54) is 25.6 Å². The van der Waals surface area contributed by atoms with Crippen molar-refractivity contribution in [2.24, 2.45) is 5.10 Å². The molecule has 0 spiro atoms. The van der Waals surface area contributed by atoms with Crippen LogP contribution in [0.4, 0.5) is 0 Å². The van der Waals surface area contributed by atoms with Crippen LogP contribution >= 0.6 is 11.3 Å². The van der Waals surface area contributed by atoms with Crippen LogP contribution < -0.4 is 20.2 Å². The highest BCUT2D eigenvalue weighted by molar-refractivity contribution is 7.17. The molecular weight excluding hydrogens is 392 g/mol. The summed E-state index contributed by atoms with van der Waals surface area (Å²) in [5, 5.41) is 9.60. The molecule has 0 atom stereocenters. The van der Waals surface area contributed by atoms with E-state index < -0.39 is 11.8 Å². The van der Waals surface area contributed by atoms with Crippen LogP contribution in [0.2, 0.25) is 0 Å². The predicted octanol–water partition coefficient (Wildman–Crippen LogP) is 2.58. The van der Waals surface area contributed by atoms with Crippen LogP contribution in [-0.2, 0) is 4.79 Å². The highest BCUT2D eigenvalue weighted by Gasteiger charge is 2.12. The Kier molecular flexibility index (Phi) is 6.40. The molecule has 8 nitrogen and oxygen atoms in total. The topological polar surface area (TPSA) is 102 Å². The van der Waals surface area contributed by atoms with Crippen molar-refractivity contribution < 1.29 is 19.1 Å². The molecular formula is C20H20N4O4S. The molecule has 150 valence electrons. The van der Waals surface area contributed by atoms with E-state index in [-0.39, 0.29) is 6.54 Å². The number of fused-ring (bicyclic) bond motifs is 1. The van der Waals surface area contributed by atoms with Crippen molar-refractivity contribution in [3.8, 4) is 11.5 Å². The first-order valence-corrected chi connectivity index (χ1v) is 9.57. The molecule has 0 saturated carbocycles. The maximum Gasteiger partial charge on any atom is 0.259 e. The van der Waals surface area contributed by atoms with E-state index in [1.54, 1.807) is 31.3 Å². The SMILES string of the molecule is COc1ccc(C(=O)NCC(=O)N/N=C(\C)c2csc3ncccc23)cc1OC. The van der Waals surface area contributed by atoms with Gasteiger partial charge >= 0.3 is 0 Å². The van der Waals surface area contributed by atoms with Crippen LogP contribution in [0, 0.1) is 0 Å². The lowest BCUT2D eigenvalue weighted by Crippen LogP contribution is -2.35. The lowest BCUT2D eigenvalue weighted by molar-refractivity contribution is -0.120. The predicted molar refractivity (Wildman–Crippen MR) is 112 cm³/mol. The number of nitrogens with zero attached hydrogens (tertiary/aromatic N) is 2. The molecule has 3 aromatic rings. The lowest BCUT2D eigenvalue weighted by Gasteiger charge is -2.09. The summed E-state index contributed by atoms with van der Waals surface area (Å²) < 4.78 is 10.3. The van der Waals surface area contributed by atoms with Crippen molar-refractivity contribution in [1.82, 2.24) is 15.7 Å². The van der Waals surface area contributed by atoms with Crippen molar-refractivity contribution in [1.29, 1.82) is 0 Å². The molecule has 0 saturated heterocycles. The van der Waals surface area contributed by atoms with Crippen LogP contribution in [0.25, 0.3) is 10.2 Å². The molecule has 29 heavy (non-hydrogen) atoms. The maximum atomic E-state index is 12.3. The summed E-state index contributed by atoms with van der Waals surface area (Å²) in [4.78, 5) is 29.5. The van der Waals surface area contributed by atoms with Crippen molar-refractivity contribution in [3.05, 3.63) is 53.0 Å². The monoisotopic (exact) mass is 412 g/mol. The quantitative estimate of drug-likeness (QED) is 0.459. The number of carbonyl (C=O) groups is 2. The number of rotatable bonds is 7. The Balaban J connectivity index is 1.58. The van der Waals surface area contributed by atoms with Gasteiger partial charge in [-0.15, -0.1) is 11.3 Å². The number of methoxy groups -OCH3 is 2. The molecule has 0 aliphatic heterocycles. The van der Waals surface area contributed by atoms with Gasteiger partial charge in [-0.05, 0) is 37.3 Å². The number of hydrogen-bond donors (Lipinski definition) is 2. The van der Waals surface area contributed by atoms with Gasteiger partial charge in [0.2, 0.25) is 0 Å². The molecule has 1 aromatic carbocycles. The number of nitrogens with one attached hydrogen (secondary N) is 2. The van der Waals surface area contributed by atoms with E-state index in [1.807, 2.05) is 17.5 Å². The number of hydrazone groups is 1. The Morgan fingerprint density at radius 3 is 2.72 bits per heavy atom. The Hall–Kier alpha value is -3.46. The van der Waals surface area contributed by atoms with E-state index in [4.69, 9.17) is 9.47 Å². The van der Waals surface area contributed by atoms with Crippen molar-refractivity contribution in [2.75, 3.05) is 20.8 Å². The number of aromatic nitrogens is 1. The normalized spacial score (nSPS) is 11.2. The first-order chi connectivity index (χ1) is 14.0. The standard InChI is InChI=1S/C20H20N4O4S/c1-12(15-11-29-20-14(15)5-4-8-21-20)23-24-18(25)10-22-19(26)13-6-7-16(27-2)17(9-13)28-3/h4-9,11H,10H2,1-3H3,(H,22,26)(H,24,25)/b23-12+. The van der Waals surface area contributed by atoms with Crippen LogP contribution in [-0.4, -0.2) is 43.3 Å². The van der Waals surface area contributed by atoms with E-state index in [2.05, 4.69) is 20.8 Å². The third-order valence-corrected chi connectivity index (χ3v) is 5.05. The average Bonchev–Trinajstić information content (AvgIpc) is 3.19. The fourth-order valence-electron chi connectivity index (χ4n) is 2.63. The van der Waals surface area contributed by atoms with Crippen molar-refractivity contribution >= 4 is 39.1 Å². The van der Waals surface area contributed by atoms with Gasteiger partial charge in [0.25, 0.3) is 11.8 Å². The van der Waals surface area contributed by atoms with Crippen molar-refractivity contribution in [3.63, 3.8) is 0 Å². The second-order valence-electron chi connectivity index (χ2n) is 5.99. The largest absolute Gasteiger partial charge is 0.493 e. The van der Waals surface area contributed by atoms with Gasteiger partial charge in [0.1, 0.15) is 4.83 Å². The number of thiophene rings is 1. The first-order valence-electron chi connectivity index (χ1n) is 8.69. The fourth-order valence-corrected chi connectivity index (χ4v) is 3.59. The first kappa shape index (κ1) is 20.3. The molecule has 0 bridgehead atoms. The summed E-state index contributed by atoms with van der Waals surface area (Å²) in [5.74, 6) is 0.109. The fraction of sp³-hybridized carbons (Fsp3) is 0.200. The van der Waals surface area contributed by atoms with Gasteiger partial charge in [0.15, 0.2) is 11.5 Å². The number of ether oxygens (including phenoxy) is 2. The molecule has 2 N–H and O–H groups in total. The summed E-state index contributed by atoms with van der Waals surface area (Å²) >= 11 is 1.51. The molecule has 9 heteroatoms. The molecule has 2 amide bonds.